The summed E-state index contributed by atoms with van der Waals surface area (Å²) in [7, 11) is 0. The van der Waals surface area contributed by atoms with Crippen LogP contribution in [0, 0.1) is 13.8 Å². The Labute approximate surface area is 192 Å². The van der Waals surface area contributed by atoms with Gasteiger partial charge in [0.2, 0.25) is 0 Å². The van der Waals surface area contributed by atoms with Gasteiger partial charge in [0.05, 0.1) is 5.70 Å². The van der Waals surface area contributed by atoms with Gasteiger partial charge in [0.15, 0.2) is 5.17 Å². The van der Waals surface area contributed by atoms with Crippen molar-refractivity contribution >= 4 is 45.7 Å². The number of nitrogens with zero attached hydrogens (tertiary/aromatic N) is 2. The minimum atomic E-state index is -0.286. The van der Waals surface area contributed by atoms with Crippen molar-refractivity contribution in [3.8, 4) is 0 Å². The first kappa shape index (κ1) is 21.6. The molecule has 0 spiro atoms. The number of benzene rings is 2. The van der Waals surface area contributed by atoms with Crippen molar-refractivity contribution in [2.24, 2.45) is 4.99 Å². The third-order valence-corrected chi connectivity index (χ3v) is 5.83. The Bertz CT molecular complexity index is 1160. The fourth-order valence-electron chi connectivity index (χ4n) is 3.18. The van der Waals surface area contributed by atoms with E-state index in [2.05, 4.69) is 27.0 Å². The number of urea groups is 1. The summed E-state index contributed by atoms with van der Waals surface area (Å²) in [4.78, 5) is 21.4. The van der Waals surface area contributed by atoms with Crippen LogP contribution in [0.3, 0.4) is 0 Å². The predicted molar refractivity (Wildman–Crippen MR) is 135 cm³/mol. The Morgan fingerprint density at radius 1 is 1.00 bits per heavy atom. The number of aryl methyl sites for hydroxylation is 2. The maximum Gasteiger partial charge on any atom is 0.323 e. The number of allylic oxidation sites excluding steroid dienone is 1. The van der Waals surface area contributed by atoms with E-state index in [4.69, 9.17) is 4.99 Å². The molecule has 0 fully saturated rings. The Morgan fingerprint density at radius 3 is 2.56 bits per heavy atom. The van der Waals surface area contributed by atoms with Gasteiger partial charge in [0.25, 0.3) is 0 Å². The molecule has 0 radical (unpaired) electrons. The molecule has 3 N–H and O–H groups in total. The lowest BCUT2D eigenvalue weighted by atomic mass is 10.2. The van der Waals surface area contributed by atoms with Gasteiger partial charge in [-0.05, 0) is 62.2 Å². The smallest absolute Gasteiger partial charge is 0.323 e. The van der Waals surface area contributed by atoms with E-state index in [0.717, 1.165) is 51.1 Å². The number of carbonyl (C=O) groups is 1. The van der Waals surface area contributed by atoms with Gasteiger partial charge in [-0.1, -0.05) is 41.6 Å². The van der Waals surface area contributed by atoms with Crippen molar-refractivity contribution in [2.45, 2.75) is 20.3 Å². The number of amides is 2. The lowest BCUT2D eigenvalue weighted by Crippen LogP contribution is -2.19. The summed E-state index contributed by atoms with van der Waals surface area (Å²) in [6.45, 7) is 4.04. The highest BCUT2D eigenvalue weighted by molar-refractivity contribution is 8.14. The molecule has 1 aliphatic heterocycles. The summed E-state index contributed by atoms with van der Waals surface area (Å²) in [5, 5.41) is 10.0. The molecule has 32 heavy (non-hydrogen) atoms. The maximum absolute atomic E-state index is 12.4. The molecule has 0 saturated carbocycles. The molecule has 3 aromatic rings. The minimum absolute atomic E-state index is 0.286. The summed E-state index contributed by atoms with van der Waals surface area (Å²) in [6, 6.07) is 17.1. The molecular weight excluding hydrogens is 418 g/mol. The standard InChI is InChI=1S/C25H25N5OS/c1-17-7-10-20(11-8-17)27-24(31)28-21-12-9-18(2)23(15-21)30-25-29-22(6-4-14-32-25)19-5-3-13-26-16-19/h3,5-13,15-16H,4,14H2,1-2H3,(H,29,30)(H2,27,28,31). The topological polar surface area (TPSA) is 78.4 Å². The van der Waals surface area contributed by atoms with Crippen LogP contribution in [0.2, 0.25) is 0 Å². The van der Waals surface area contributed by atoms with E-state index in [9.17, 15) is 4.79 Å². The number of amidine groups is 1. The Balaban J connectivity index is 1.47. The zero-order valence-electron chi connectivity index (χ0n) is 18.1. The summed E-state index contributed by atoms with van der Waals surface area (Å²) < 4.78 is 0. The fourth-order valence-corrected chi connectivity index (χ4v) is 3.95. The van der Waals surface area contributed by atoms with Crippen LogP contribution >= 0.6 is 11.8 Å². The number of aliphatic imine (C=N–C) groups is 1. The number of rotatable bonds is 4. The zero-order chi connectivity index (χ0) is 22.3. The van der Waals surface area contributed by atoms with Crippen molar-refractivity contribution in [3.05, 3.63) is 89.8 Å². The Morgan fingerprint density at radius 2 is 1.78 bits per heavy atom. The van der Waals surface area contributed by atoms with Gasteiger partial charge >= 0.3 is 6.03 Å². The fraction of sp³-hybridized carbons (Fsp3) is 0.160. The van der Waals surface area contributed by atoms with Crippen LogP contribution in [0.5, 0.6) is 0 Å². The number of aromatic nitrogens is 1. The number of hydrogen-bond donors (Lipinski definition) is 3. The first-order chi connectivity index (χ1) is 15.6. The van der Waals surface area contributed by atoms with E-state index in [1.54, 1.807) is 18.0 Å². The normalized spacial score (nSPS) is 13.4. The summed E-state index contributed by atoms with van der Waals surface area (Å²) >= 11 is 1.68. The largest absolute Gasteiger partial charge is 0.334 e. The predicted octanol–water partition coefficient (Wildman–Crippen LogP) is 6.29. The van der Waals surface area contributed by atoms with Gasteiger partial charge in [-0.25, -0.2) is 9.79 Å². The van der Waals surface area contributed by atoms with Gasteiger partial charge in [-0.2, -0.15) is 0 Å². The second-order valence-electron chi connectivity index (χ2n) is 7.49. The van der Waals surface area contributed by atoms with Crippen molar-refractivity contribution in [1.29, 1.82) is 0 Å². The van der Waals surface area contributed by atoms with E-state index in [1.165, 1.54) is 0 Å². The van der Waals surface area contributed by atoms with Crippen molar-refractivity contribution < 1.29 is 4.79 Å². The first-order valence-electron chi connectivity index (χ1n) is 10.4. The number of pyridine rings is 1. The molecule has 2 amide bonds. The van der Waals surface area contributed by atoms with Crippen molar-refractivity contribution in [3.63, 3.8) is 0 Å². The van der Waals surface area contributed by atoms with Gasteiger partial charge in [0.1, 0.15) is 0 Å². The quantitative estimate of drug-likeness (QED) is 0.443. The number of nitrogens with one attached hydrogen (secondary N) is 3. The van der Waals surface area contributed by atoms with E-state index in [-0.39, 0.29) is 6.03 Å². The highest BCUT2D eigenvalue weighted by Gasteiger charge is 2.11. The minimum Gasteiger partial charge on any atom is -0.334 e. The third-order valence-electron chi connectivity index (χ3n) is 4.92. The number of hydrogen-bond acceptors (Lipinski definition) is 5. The summed E-state index contributed by atoms with van der Waals surface area (Å²) in [6.07, 6.45) is 6.66. The van der Waals surface area contributed by atoms with E-state index < -0.39 is 0 Å². The number of carbonyl (C=O) groups excluding carboxylic acids is 1. The van der Waals surface area contributed by atoms with Crippen LogP contribution < -0.4 is 16.0 Å². The Hall–Kier alpha value is -3.58. The van der Waals surface area contributed by atoms with E-state index in [1.807, 2.05) is 74.6 Å². The lowest BCUT2D eigenvalue weighted by Gasteiger charge is -2.14. The summed E-state index contributed by atoms with van der Waals surface area (Å²) in [5.41, 5.74) is 6.46. The van der Waals surface area contributed by atoms with Crippen LogP contribution in [0.15, 0.2) is 78.1 Å². The molecule has 1 aromatic heterocycles. The molecule has 4 rings (SSSR count). The molecule has 7 heteroatoms. The van der Waals surface area contributed by atoms with Crippen LogP contribution in [-0.4, -0.2) is 21.9 Å². The van der Waals surface area contributed by atoms with Crippen LogP contribution in [0.1, 0.15) is 23.1 Å². The number of anilines is 3. The molecule has 0 bridgehead atoms. The van der Waals surface area contributed by atoms with Gasteiger partial charge in [-0.3, -0.25) is 4.98 Å². The van der Waals surface area contributed by atoms with Crippen LogP contribution in [-0.2, 0) is 0 Å². The second-order valence-corrected chi connectivity index (χ2v) is 8.57. The molecule has 0 aliphatic carbocycles. The first-order valence-corrected chi connectivity index (χ1v) is 11.4. The van der Waals surface area contributed by atoms with Gasteiger partial charge in [-0.15, -0.1) is 0 Å². The highest BCUT2D eigenvalue weighted by atomic mass is 32.2. The molecule has 1 aliphatic rings. The molecule has 2 heterocycles. The molecule has 0 unspecified atom stereocenters. The molecular formula is C25H25N5OS. The maximum atomic E-state index is 12.4. The van der Waals surface area contributed by atoms with E-state index in [0.29, 0.717) is 5.69 Å². The van der Waals surface area contributed by atoms with Gasteiger partial charge in [0, 0.05) is 40.8 Å². The van der Waals surface area contributed by atoms with Crippen LogP contribution in [0.25, 0.3) is 5.70 Å². The average Bonchev–Trinajstić information content (AvgIpc) is 3.04. The highest BCUT2D eigenvalue weighted by Crippen LogP contribution is 2.26. The Kier molecular flexibility index (Phi) is 6.87. The molecule has 162 valence electrons. The number of thioether (sulfide) groups is 1. The monoisotopic (exact) mass is 443 g/mol. The van der Waals surface area contributed by atoms with Crippen molar-refractivity contribution in [2.75, 3.05) is 21.7 Å². The third kappa shape index (κ3) is 5.76. The van der Waals surface area contributed by atoms with Gasteiger partial charge < -0.3 is 16.0 Å². The SMILES string of the molecule is Cc1ccc(NC(=O)Nc2ccc(C)c(NC3=NC(c4cccnc4)=CCCS3)c2)cc1. The van der Waals surface area contributed by atoms with Crippen molar-refractivity contribution in [1.82, 2.24) is 4.98 Å². The zero-order valence-corrected chi connectivity index (χ0v) is 18.9. The molecule has 0 atom stereocenters. The molecule has 6 nitrogen and oxygen atoms in total. The summed E-state index contributed by atoms with van der Waals surface area (Å²) in [5.74, 6) is 0.936. The second kappa shape index (κ2) is 10.2. The van der Waals surface area contributed by atoms with Crippen LogP contribution in [0.4, 0.5) is 21.9 Å². The molecule has 2 aromatic carbocycles. The lowest BCUT2D eigenvalue weighted by molar-refractivity contribution is 0.262. The molecule has 0 saturated heterocycles. The van der Waals surface area contributed by atoms with E-state index >= 15 is 0 Å². The average molecular weight is 444 g/mol.